The van der Waals surface area contributed by atoms with Gasteiger partial charge in [0.2, 0.25) is 0 Å². The van der Waals surface area contributed by atoms with Crippen molar-refractivity contribution in [2.75, 3.05) is 39.4 Å². The Morgan fingerprint density at radius 1 is 0.893 bits per heavy atom. The lowest BCUT2D eigenvalue weighted by Gasteiger charge is -2.41. The molecule has 1 aliphatic carbocycles. The van der Waals surface area contributed by atoms with E-state index in [2.05, 4.69) is 52.7 Å². The molecule has 2 aliphatic heterocycles. The smallest absolute Gasteiger partial charge is 0.0469 e. The van der Waals surface area contributed by atoms with Crippen LogP contribution in [0.25, 0.3) is 11.1 Å². The standard InChI is InChI=1S/C23H28N2O.2ClH/c1-2-4-21-18(3-1)15-20-16-19(5-6-22(20)21)23(17-7-13-26-14-8-17)25-11-9-24-10-12-25;;/h1-6,16-17,23-24H,7-15H2;2*1H/t23-;;/m0../s1. The fourth-order valence-corrected chi connectivity index (χ4v) is 5.12. The van der Waals surface area contributed by atoms with Gasteiger partial charge in [0.25, 0.3) is 0 Å². The predicted molar refractivity (Wildman–Crippen MR) is 120 cm³/mol. The van der Waals surface area contributed by atoms with E-state index in [-0.39, 0.29) is 24.8 Å². The van der Waals surface area contributed by atoms with E-state index in [0.29, 0.717) is 12.0 Å². The molecule has 2 aromatic rings. The van der Waals surface area contributed by atoms with Crippen molar-refractivity contribution in [3.05, 3.63) is 59.2 Å². The number of fused-ring (bicyclic) bond motifs is 3. The van der Waals surface area contributed by atoms with Gasteiger partial charge in [-0.05, 0) is 53.0 Å². The van der Waals surface area contributed by atoms with Gasteiger partial charge >= 0.3 is 0 Å². The molecule has 2 aromatic carbocycles. The lowest BCUT2D eigenvalue weighted by atomic mass is 9.84. The highest BCUT2D eigenvalue weighted by Crippen LogP contribution is 2.41. The van der Waals surface area contributed by atoms with Gasteiger partial charge in [-0.25, -0.2) is 0 Å². The molecule has 1 atom stereocenters. The number of ether oxygens (including phenoxy) is 1. The molecule has 2 heterocycles. The lowest BCUT2D eigenvalue weighted by Crippen LogP contribution is -2.47. The number of benzene rings is 2. The summed E-state index contributed by atoms with van der Waals surface area (Å²) < 4.78 is 5.66. The zero-order valence-corrected chi connectivity index (χ0v) is 17.9. The second-order valence-electron chi connectivity index (χ2n) is 7.93. The third-order valence-electron chi connectivity index (χ3n) is 6.42. The number of piperazine rings is 1. The summed E-state index contributed by atoms with van der Waals surface area (Å²) >= 11 is 0. The molecular weight excluding hydrogens is 391 g/mol. The quantitative estimate of drug-likeness (QED) is 0.675. The van der Waals surface area contributed by atoms with E-state index in [1.807, 2.05) is 0 Å². The maximum Gasteiger partial charge on any atom is 0.0469 e. The first-order valence-electron chi connectivity index (χ1n) is 10.1. The van der Waals surface area contributed by atoms with Gasteiger partial charge in [0, 0.05) is 45.4 Å². The summed E-state index contributed by atoms with van der Waals surface area (Å²) in [5.41, 5.74) is 7.37. The Labute approximate surface area is 180 Å². The fraction of sp³-hybridized carbons (Fsp3) is 0.478. The van der Waals surface area contributed by atoms with Gasteiger partial charge in [0.15, 0.2) is 0 Å². The van der Waals surface area contributed by atoms with E-state index in [1.54, 1.807) is 0 Å². The molecule has 2 fully saturated rings. The maximum atomic E-state index is 5.66. The summed E-state index contributed by atoms with van der Waals surface area (Å²) in [6.07, 6.45) is 3.46. The minimum Gasteiger partial charge on any atom is -0.381 e. The van der Waals surface area contributed by atoms with Crippen LogP contribution in [0.2, 0.25) is 0 Å². The van der Waals surface area contributed by atoms with E-state index in [1.165, 1.54) is 40.7 Å². The van der Waals surface area contributed by atoms with Crippen molar-refractivity contribution in [1.82, 2.24) is 10.2 Å². The Balaban J connectivity index is 0.00000112. The molecule has 0 spiro atoms. The molecule has 0 amide bonds. The zero-order valence-electron chi connectivity index (χ0n) is 16.2. The second-order valence-corrected chi connectivity index (χ2v) is 7.93. The van der Waals surface area contributed by atoms with Gasteiger partial charge < -0.3 is 10.1 Å². The van der Waals surface area contributed by atoms with Crippen molar-refractivity contribution < 1.29 is 4.74 Å². The van der Waals surface area contributed by atoms with Crippen LogP contribution in [-0.2, 0) is 11.2 Å². The van der Waals surface area contributed by atoms with Gasteiger partial charge in [0.1, 0.15) is 0 Å². The van der Waals surface area contributed by atoms with Gasteiger partial charge in [-0.15, -0.1) is 24.8 Å². The van der Waals surface area contributed by atoms with Crippen LogP contribution in [0.3, 0.4) is 0 Å². The first-order chi connectivity index (χ1) is 12.9. The fourth-order valence-electron chi connectivity index (χ4n) is 5.12. The van der Waals surface area contributed by atoms with E-state index >= 15 is 0 Å². The Kier molecular flexibility index (Phi) is 7.41. The highest BCUT2D eigenvalue weighted by Gasteiger charge is 2.32. The normalized spacial score (nSPS) is 20.4. The maximum absolute atomic E-state index is 5.66. The molecule has 5 heteroatoms. The average molecular weight is 421 g/mol. The molecule has 28 heavy (non-hydrogen) atoms. The zero-order chi connectivity index (χ0) is 17.3. The van der Waals surface area contributed by atoms with Gasteiger partial charge in [-0.1, -0.05) is 42.5 Å². The summed E-state index contributed by atoms with van der Waals surface area (Å²) in [4.78, 5) is 2.72. The highest BCUT2D eigenvalue weighted by atomic mass is 35.5. The van der Waals surface area contributed by atoms with Crippen molar-refractivity contribution in [1.29, 1.82) is 0 Å². The summed E-state index contributed by atoms with van der Waals surface area (Å²) in [5, 5.41) is 3.51. The minimum atomic E-state index is 0. The molecule has 1 N–H and O–H groups in total. The number of nitrogens with one attached hydrogen (secondary N) is 1. The average Bonchev–Trinajstić information content (AvgIpc) is 3.08. The van der Waals surface area contributed by atoms with Gasteiger partial charge in [0.05, 0.1) is 0 Å². The number of hydrogen-bond acceptors (Lipinski definition) is 3. The van der Waals surface area contributed by atoms with Crippen LogP contribution in [-0.4, -0.2) is 44.3 Å². The first-order valence-corrected chi connectivity index (χ1v) is 10.1. The number of hydrogen-bond donors (Lipinski definition) is 1. The van der Waals surface area contributed by atoms with E-state index in [4.69, 9.17) is 4.74 Å². The number of rotatable bonds is 3. The Morgan fingerprint density at radius 2 is 1.61 bits per heavy atom. The largest absolute Gasteiger partial charge is 0.381 e. The van der Waals surface area contributed by atoms with E-state index in [0.717, 1.165) is 45.8 Å². The third kappa shape index (κ3) is 4.10. The molecule has 0 bridgehead atoms. The summed E-state index contributed by atoms with van der Waals surface area (Å²) in [7, 11) is 0. The summed E-state index contributed by atoms with van der Waals surface area (Å²) in [5.74, 6) is 0.712. The molecule has 0 aromatic heterocycles. The molecule has 0 saturated carbocycles. The monoisotopic (exact) mass is 420 g/mol. The topological polar surface area (TPSA) is 24.5 Å². The number of halogens is 2. The Morgan fingerprint density at radius 3 is 2.39 bits per heavy atom. The molecule has 2 saturated heterocycles. The lowest BCUT2D eigenvalue weighted by molar-refractivity contribution is 0.0213. The van der Waals surface area contributed by atoms with Gasteiger partial charge in [-0.3, -0.25) is 4.90 Å². The van der Waals surface area contributed by atoms with Crippen LogP contribution in [0.5, 0.6) is 0 Å². The van der Waals surface area contributed by atoms with Crippen molar-refractivity contribution in [3.8, 4) is 11.1 Å². The van der Waals surface area contributed by atoms with Crippen LogP contribution < -0.4 is 5.32 Å². The van der Waals surface area contributed by atoms with Crippen molar-refractivity contribution in [2.45, 2.75) is 25.3 Å². The third-order valence-corrected chi connectivity index (χ3v) is 6.42. The first kappa shape index (κ1) is 21.6. The Hall–Kier alpha value is -1.10. The van der Waals surface area contributed by atoms with Gasteiger partial charge in [-0.2, -0.15) is 0 Å². The molecule has 3 aliphatic rings. The SMILES string of the molecule is Cl.Cl.c1ccc2c(c1)Cc1cc([C@H](C3CCOCC3)N3CCNCC3)ccc1-2. The van der Waals surface area contributed by atoms with E-state index in [9.17, 15) is 0 Å². The summed E-state index contributed by atoms with van der Waals surface area (Å²) in [6.45, 7) is 6.36. The molecular formula is C23H30Cl2N2O. The molecule has 3 nitrogen and oxygen atoms in total. The van der Waals surface area contributed by atoms with Crippen LogP contribution >= 0.6 is 24.8 Å². The van der Waals surface area contributed by atoms with Crippen LogP contribution in [0.1, 0.15) is 35.6 Å². The second kappa shape index (κ2) is 9.60. The van der Waals surface area contributed by atoms with E-state index < -0.39 is 0 Å². The van der Waals surface area contributed by atoms with Crippen LogP contribution in [0.15, 0.2) is 42.5 Å². The van der Waals surface area contributed by atoms with Crippen LogP contribution in [0.4, 0.5) is 0 Å². The van der Waals surface area contributed by atoms with Crippen molar-refractivity contribution in [2.24, 2.45) is 5.92 Å². The number of nitrogens with zero attached hydrogens (tertiary/aromatic N) is 1. The Bertz CT molecular complexity index is 768. The van der Waals surface area contributed by atoms with Crippen molar-refractivity contribution >= 4 is 24.8 Å². The predicted octanol–water partition coefficient (Wildman–Crippen LogP) is 4.47. The summed E-state index contributed by atoms with van der Waals surface area (Å²) in [6, 6.07) is 16.7. The minimum absolute atomic E-state index is 0. The molecule has 152 valence electrons. The van der Waals surface area contributed by atoms with Crippen molar-refractivity contribution in [3.63, 3.8) is 0 Å². The molecule has 0 radical (unpaired) electrons. The van der Waals surface area contributed by atoms with Crippen LogP contribution in [0, 0.1) is 5.92 Å². The molecule has 0 unspecified atom stereocenters. The highest BCUT2D eigenvalue weighted by molar-refractivity contribution is 5.85. The molecule has 5 rings (SSSR count).